The zero-order valence-electron chi connectivity index (χ0n) is 8.52. The smallest absolute Gasteiger partial charge is 0.243 e. The maximum Gasteiger partial charge on any atom is 0.243 e. The summed E-state index contributed by atoms with van der Waals surface area (Å²) in [7, 11) is 0. The second-order valence-electron chi connectivity index (χ2n) is 4.83. The zero-order valence-corrected chi connectivity index (χ0v) is 8.52. The number of alkyl halides is 2. The molecule has 1 heterocycles. The second kappa shape index (κ2) is 3.91. The highest BCUT2D eigenvalue weighted by molar-refractivity contribution is 4.84. The molecule has 0 spiro atoms. The predicted octanol–water partition coefficient (Wildman–Crippen LogP) is 2.95. The van der Waals surface area contributed by atoms with Crippen molar-refractivity contribution in [2.24, 2.45) is 17.3 Å². The van der Waals surface area contributed by atoms with E-state index in [4.69, 9.17) is 4.74 Å². The minimum absolute atomic E-state index is 0.0368. The molecule has 0 aromatic carbocycles. The Morgan fingerprint density at radius 1 is 1.31 bits per heavy atom. The summed E-state index contributed by atoms with van der Waals surface area (Å²) in [6.45, 7) is 6.93. The molecule has 2 atom stereocenters. The highest BCUT2D eigenvalue weighted by atomic mass is 19.3. The highest BCUT2D eigenvalue weighted by Crippen LogP contribution is 2.39. The molecule has 0 saturated carbocycles. The Kier molecular flexibility index (Phi) is 3.28. The molecule has 13 heavy (non-hydrogen) atoms. The summed E-state index contributed by atoms with van der Waals surface area (Å²) < 4.78 is 30.3. The van der Waals surface area contributed by atoms with Crippen LogP contribution >= 0.6 is 0 Å². The van der Waals surface area contributed by atoms with Gasteiger partial charge in [0.1, 0.15) is 0 Å². The maximum absolute atomic E-state index is 12.6. The van der Waals surface area contributed by atoms with Crippen LogP contribution in [0.5, 0.6) is 0 Å². The molecule has 1 fully saturated rings. The van der Waals surface area contributed by atoms with Crippen LogP contribution in [0.3, 0.4) is 0 Å². The fourth-order valence-corrected chi connectivity index (χ4v) is 2.08. The van der Waals surface area contributed by atoms with Gasteiger partial charge in [0.15, 0.2) is 0 Å². The summed E-state index contributed by atoms with van der Waals surface area (Å²) in [4.78, 5) is 0. The summed E-state index contributed by atoms with van der Waals surface area (Å²) >= 11 is 0. The Morgan fingerprint density at radius 2 is 1.92 bits per heavy atom. The molecule has 0 aromatic rings. The molecule has 2 unspecified atom stereocenters. The van der Waals surface area contributed by atoms with Gasteiger partial charge in [-0.3, -0.25) is 0 Å². The van der Waals surface area contributed by atoms with Gasteiger partial charge in [-0.1, -0.05) is 20.8 Å². The predicted molar refractivity (Wildman–Crippen MR) is 47.9 cm³/mol. The van der Waals surface area contributed by atoms with Crippen molar-refractivity contribution < 1.29 is 13.5 Å². The summed E-state index contributed by atoms with van der Waals surface area (Å²) in [6.07, 6.45) is -1.48. The summed E-state index contributed by atoms with van der Waals surface area (Å²) in [5.74, 6) is -0.491. The van der Waals surface area contributed by atoms with Crippen LogP contribution in [0.15, 0.2) is 0 Å². The van der Waals surface area contributed by atoms with E-state index in [9.17, 15) is 8.78 Å². The van der Waals surface area contributed by atoms with E-state index in [1.165, 1.54) is 0 Å². The SMILES string of the molecule is CC(C)(C)C1CCOCC1C(F)F. The Bertz CT molecular complexity index is 163. The lowest BCUT2D eigenvalue weighted by atomic mass is 9.71. The van der Waals surface area contributed by atoms with Crippen LogP contribution in [0.2, 0.25) is 0 Å². The normalized spacial score (nSPS) is 30.9. The maximum atomic E-state index is 12.6. The Labute approximate surface area is 78.5 Å². The molecule has 3 heteroatoms. The highest BCUT2D eigenvalue weighted by Gasteiger charge is 2.39. The van der Waals surface area contributed by atoms with Crippen molar-refractivity contribution in [1.29, 1.82) is 0 Å². The first-order chi connectivity index (χ1) is 5.93. The number of ether oxygens (including phenoxy) is 1. The first-order valence-corrected chi connectivity index (χ1v) is 4.79. The molecule has 0 N–H and O–H groups in total. The van der Waals surface area contributed by atoms with Gasteiger partial charge in [-0.05, 0) is 17.8 Å². The molecule has 1 nitrogen and oxygen atoms in total. The molecule has 78 valence electrons. The van der Waals surface area contributed by atoms with Gasteiger partial charge in [-0.15, -0.1) is 0 Å². The number of rotatable bonds is 1. The van der Waals surface area contributed by atoms with Gasteiger partial charge in [0, 0.05) is 12.5 Å². The molecule has 0 amide bonds. The van der Waals surface area contributed by atoms with Crippen LogP contribution in [0.25, 0.3) is 0 Å². The van der Waals surface area contributed by atoms with E-state index in [1.54, 1.807) is 0 Å². The van der Waals surface area contributed by atoms with Crippen molar-refractivity contribution in [3.8, 4) is 0 Å². The van der Waals surface area contributed by atoms with Crippen LogP contribution in [-0.2, 0) is 4.74 Å². The van der Waals surface area contributed by atoms with E-state index < -0.39 is 12.3 Å². The van der Waals surface area contributed by atoms with E-state index in [0.29, 0.717) is 6.61 Å². The zero-order chi connectivity index (χ0) is 10.1. The lowest BCUT2D eigenvalue weighted by Gasteiger charge is -2.39. The van der Waals surface area contributed by atoms with Crippen molar-refractivity contribution in [3.63, 3.8) is 0 Å². The average molecular weight is 192 g/mol. The molecule has 0 aliphatic carbocycles. The largest absolute Gasteiger partial charge is 0.381 e. The van der Waals surface area contributed by atoms with Crippen LogP contribution in [-0.4, -0.2) is 19.6 Å². The molecule has 0 aromatic heterocycles. The van der Waals surface area contributed by atoms with Gasteiger partial charge in [0.05, 0.1) is 6.61 Å². The quantitative estimate of drug-likeness (QED) is 0.620. The van der Waals surface area contributed by atoms with Crippen LogP contribution in [0, 0.1) is 17.3 Å². The van der Waals surface area contributed by atoms with Crippen LogP contribution in [0.1, 0.15) is 27.2 Å². The first kappa shape index (κ1) is 10.9. The van der Waals surface area contributed by atoms with E-state index in [0.717, 1.165) is 6.42 Å². The summed E-state index contributed by atoms with van der Waals surface area (Å²) in [6, 6.07) is 0. The molecule has 0 bridgehead atoms. The standard InChI is InChI=1S/C10H18F2O/c1-10(2,3)8-4-5-13-6-7(8)9(11)12/h7-9H,4-6H2,1-3H3. The first-order valence-electron chi connectivity index (χ1n) is 4.79. The number of halogens is 2. The van der Waals surface area contributed by atoms with E-state index >= 15 is 0 Å². The third-order valence-corrected chi connectivity index (χ3v) is 2.84. The summed E-state index contributed by atoms with van der Waals surface area (Å²) in [5, 5.41) is 0. The molecular weight excluding hydrogens is 174 g/mol. The van der Waals surface area contributed by atoms with E-state index in [2.05, 4.69) is 0 Å². The number of hydrogen-bond acceptors (Lipinski definition) is 1. The van der Waals surface area contributed by atoms with E-state index in [-0.39, 0.29) is 17.9 Å². The van der Waals surface area contributed by atoms with Crippen molar-refractivity contribution >= 4 is 0 Å². The minimum Gasteiger partial charge on any atom is -0.381 e. The molecule has 0 radical (unpaired) electrons. The van der Waals surface area contributed by atoms with Crippen LogP contribution < -0.4 is 0 Å². The van der Waals surface area contributed by atoms with Gasteiger partial charge < -0.3 is 4.74 Å². The van der Waals surface area contributed by atoms with Crippen molar-refractivity contribution in [2.45, 2.75) is 33.6 Å². The Hall–Kier alpha value is -0.180. The van der Waals surface area contributed by atoms with Crippen molar-refractivity contribution in [3.05, 3.63) is 0 Å². The number of hydrogen-bond donors (Lipinski definition) is 0. The van der Waals surface area contributed by atoms with Crippen molar-refractivity contribution in [2.75, 3.05) is 13.2 Å². The molecule has 1 rings (SSSR count). The minimum atomic E-state index is -2.25. The van der Waals surface area contributed by atoms with Gasteiger partial charge in [0.25, 0.3) is 0 Å². The summed E-state index contributed by atoms with van der Waals surface area (Å²) in [5.41, 5.74) is -0.0368. The monoisotopic (exact) mass is 192 g/mol. The molecular formula is C10H18F2O. The second-order valence-corrected chi connectivity index (χ2v) is 4.83. The van der Waals surface area contributed by atoms with Gasteiger partial charge >= 0.3 is 0 Å². The third kappa shape index (κ3) is 2.63. The lowest BCUT2D eigenvalue weighted by Crippen LogP contribution is -2.39. The Morgan fingerprint density at radius 3 is 2.31 bits per heavy atom. The van der Waals surface area contributed by atoms with Gasteiger partial charge in [-0.25, -0.2) is 8.78 Å². The van der Waals surface area contributed by atoms with Gasteiger partial charge in [-0.2, -0.15) is 0 Å². The fraction of sp³-hybridized carbons (Fsp3) is 1.00. The third-order valence-electron chi connectivity index (χ3n) is 2.84. The van der Waals surface area contributed by atoms with Crippen LogP contribution in [0.4, 0.5) is 8.78 Å². The van der Waals surface area contributed by atoms with Gasteiger partial charge in [0.2, 0.25) is 6.43 Å². The van der Waals surface area contributed by atoms with E-state index in [1.807, 2.05) is 20.8 Å². The lowest BCUT2D eigenvalue weighted by molar-refractivity contribution is -0.0876. The average Bonchev–Trinajstić information content (AvgIpc) is 2.03. The Balaban J connectivity index is 2.67. The molecule has 1 aliphatic rings. The van der Waals surface area contributed by atoms with Crippen molar-refractivity contribution in [1.82, 2.24) is 0 Å². The fourth-order valence-electron chi connectivity index (χ4n) is 2.08. The molecule has 1 aliphatic heterocycles. The topological polar surface area (TPSA) is 9.23 Å². The molecule has 1 saturated heterocycles.